The minimum absolute atomic E-state index is 0.221. The number of sulfonamides is 1. The quantitative estimate of drug-likeness (QED) is 0.477. The predicted molar refractivity (Wildman–Crippen MR) is 54.6 cm³/mol. The molecular formula is C7H11N3O5S. The number of aromatic amines is 2. The van der Waals surface area contributed by atoms with E-state index in [-0.39, 0.29) is 6.54 Å². The van der Waals surface area contributed by atoms with Crippen LogP contribution in [0.1, 0.15) is 6.92 Å². The first-order valence-electron chi connectivity index (χ1n) is 4.32. The lowest BCUT2D eigenvalue weighted by Gasteiger charge is -2.06. The van der Waals surface area contributed by atoms with E-state index in [1.54, 1.807) is 4.98 Å². The second kappa shape index (κ2) is 4.60. The molecule has 9 heteroatoms. The smallest absolute Gasteiger partial charge is 0.325 e. The van der Waals surface area contributed by atoms with Crippen molar-refractivity contribution in [1.29, 1.82) is 0 Å². The normalized spacial score (nSPS) is 13.6. The Bertz CT molecular complexity index is 570. The molecule has 0 amide bonds. The van der Waals surface area contributed by atoms with Crippen LogP contribution in [0.15, 0.2) is 20.7 Å². The molecule has 1 heterocycles. The molecule has 90 valence electrons. The second-order valence-corrected chi connectivity index (χ2v) is 4.87. The van der Waals surface area contributed by atoms with Crippen LogP contribution in [0.5, 0.6) is 0 Å². The van der Waals surface area contributed by atoms with Gasteiger partial charge >= 0.3 is 5.69 Å². The fourth-order valence-electron chi connectivity index (χ4n) is 0.905. The maximum atomic E-state index is 11.5. The first-order chi connectivity index (χ1) is 7.33. The van der Waals surface area contributed by atoms with Crippen LogP contribution in [0.3, 0.4) is 0 Å². The molecule has 0 radical (unpaired) electrons. The van der Waals surface area contributed by atoms with Gasteiger partial charge < -0.3 is 10.1 Å². The maximum Gasteiger partial charge on any atom is 0.325 e. The van der Waals surface area contributed by atoms with Crippen LogP contribution in [-0.4, -0.2) is 36.1 Å². The largest absolute Gasteiger partial charge is 0.392 e. The van der Waals surface area contributed by atoms with E-state index in [0.717, 1.165) is 6.20 Å². The Hall–Kier alpha value is -1.45. The molecule has 16 heavy (non-hydrogen) atoms. The van der Waals surface area contributed by atoms with Crippen LogP contribution in [0.4, 0.5) is 0 Å². The van der Waals surface area contributed by atoms with Gasteiger partial charge in [-0.1, -0.05) is 0 Å². The van der Waals surface area contributed by atoms with Crippen molar-refractivity contribution in [2.75, 3.05) is 6.54 Å². The van der Waals surface area contributed by atoms with Crippen molar-refractivity contribution in [2.24, 2.45) is 0 Å². The summed E-state index contributed by atoms with van der Waals surface area (Å²) in [7, 11) is -4.03. The summed E-state index contributed by atoms with van der Waals surface area (Å²) in [5, 5.41) is 8.91. The fourth-order valence-corrected chi connectivity index (χ4v) is 2.03. The first-order valence-corrected chi connectivity index (χ1v) is 5.81. The van der Waals surface area contributed by atoms with Crippen molar-refractivity contribution < 1.29 is 13.5 Å². The summed E-state index contributed by atoms with van der Waals surface area (Å²) >= 11 is 0. The third-order valence-electron chi connectivity index (χ3n) is 1.64. The van der Waals surface area contributed by atoms with E-state index in [2.05, 4.69) is 0 Å². The van der Waals surface area contributed by atoms with E-state index in [0.29, 0.717) is 0 Å². The molecule has 0 spiro atoms. The molecule has 0 saturated heterocycles. The molecule has 1 rings (SSSR count). The number of aromatic nitrogens is 2. The number of H-pyrrole nitrogens is 2. The van der Waals surface area contributed by atoms with Gasteiger partial charge in [0.05, 0.1) is 6.10 Å². The van der Waals surface area contributed by atoms with Crippen LogP contribution in [0.2, 0.25) is 0 Å². The molecular weight excluding hydrogens is 238 g/mol. The number of hydrogen-bond donors (Lipinski definition) is 4. The van der Waals surface area contributed by atoms with E-state index in [9.17, 15) is 18.0 Å². The van der Waals surface area contributed by atoms with Gasteiger partial charge in [-0.05, 0) is 6.92 Å². The average Bonchev–Trinajstić information content (AvgIpc) is 2.14. The lowest BCUT2D eigenvalue weighted by atomic mass is 10.4. The summed E-state index contributed by atoms with van der Waals surface area (Å²) in [5.74, 6) is 0. The Morgan fingerprint density at radius 3 is 2.62 bits per heavy atom. The molecule has 1 aromatic rings. The van der Waals surface area contributed by atoms with Crippen LogP contribution in [0.25, 0.3) is 0 Å². The molecule has 0 fully saturated rings. The van der Waals surface area contributed by atoms with Crippen molar-refractivity contribution in [2.45, 2.75) is 17.9 Å². The highest BCUT2D eigenvalue weighted by atomic mass is 32.2. The predicted octanol–water partition coefficient (Wildman–Crippen LogP) is -2.28. The molecule has 4 N–H and O–H groups in total. The minimum Gasteiger partial charge on any atom is -0.392 e. The zero-order valence-electron chi connectivity index (χ0n) is 8.35. The van der Waals surface area contributed by atoms with E-state index < -0.39 is 32.3 Å². The lowest BCUT2D eigenvalue weighted by molar-refractivity contribution is 0.198. The van der Waals surface area contributed by atoms with Gasteiger partial charge in [0.15, 0.2) is 4.90 Å². The Morgan fingerprint density at radius 1 is 1.50 bits per heavy atom. The van der Waals surface area contributed by atoms with E-state index >= 15 is 0 Å². The zero-order valence-corrected chi connectivity index (χ0v) is 9.17. The summed E-state index contributed by atoms with van der Waals surface area (Å²) in [5.41, 5.74) is -1.80. The number of nitrogens with one attached hydrogen (secondary N) is 3. The standard InChI is InChI=1S/C7H11N3O5S/c1-4(11)2-9-16(14,15)5-3-8-7(13)10-6(5)12/h3-4,9,11H,2H2,1H3,(H2,8,10,12,13). The van der Waals surface area contributed by atoms with Crippen LogP contribution >= 0.6 is 0 Å². The molecule has 1 unspecified atom stereocenters. The molecule has 0 saturated carbocycles. The Labute approximate surface area is 90.4 Å². The maximum absolute atomic E-state index is 11.5. The van der Waals surface area contributed by atoms with Gasteiger partial charge in [-0.2, -0.15) is 0 Å². The highest BCUT2D eigenvalue weighted by molar-refractivity contribution is 7.89. The Kier molecular flexibility index (Phi) is 3.62. The van der Waals surface area contributed by atoms with E-state index in [1.807, 2.05) is 9.71 Å². The minimum atomic E-state index is -4.03. The Balaban J connectivity index is 3.08. The summed E-state index contributed by atoms with van der Waals surface area (Å²) in [6.45, 7) is 1.17. The fraction of sp³-hybridized carbons (Fsp3) is 0.429. The van der Waals surface area contributed by atoms with Gasteiger partial charge in [0, 0.05) is 12.7 Å². The first kappa shape index (κ1) is 12.6. The highest BCUT2D eigenvalue weighted by Crippen LogP contribution is 1.97. The molecule has 0 aliphatic heterocycles. The van der Waals surface area contributed by atoms with Gasteiger partial charge in [-0.15, -0.1) is 0 Å². The average molecular weight is 249 g/mol. The third kappa shape index (κ3) is 3.02. The van der Waals surface area contributed by atoms with Gasteiger partial charge in [0.1, 0.15) is 0 Å². The number of hydrogen-bond acceptors (Lipinski definition) is 5. The number of rotatable bonds is 4. The van der Waals surface area contributed by atoms with Crippen LogP contribution < -0.4 is 16.0 Å². The van der Waals surface area contributed by atoms with Gasteiger partial charge in [-0.3, -0.25) is 9.78 Å². The van der Waals surface area contributed by atoms with E-state index in [4.69, 9.17) is 5.11 Å². The molecule has 0 aliphatic rings. The SMILES string of the molecule is CC(O)CNS(=O)(=O)c1c[nH]c(=O)[nH]c1=O. The van der Waals surface area contributed by atoms with Crippen LogP contribution in [-0.2, 0) is 10.0 Å². The summed E-state index contributed by atoms with van der Waals surface area (Å²) < 4.78 is 25.0. The molecule has 0 aliphatic carbocycles. The van der Waals surface area contributed by atoms with Crippen molar-refractivity contribution in [3.63, 3.8) is 0 Å². The van der Waals surface area contributed by atoms with E-state index in [1.165, 1.54) is 6.92 Å². The van der Waals surface area contributed by atoms with Crippen LogP contribution in [0, 0.1) is 0 Å². The molecule has 1 aromatic heterocycles. The topological polar surface area (TPSA) is 132 Å². The van der Waals surface area contributed by atoms with Gasteiger partial charge in [0.25, 0.3) is 5.56 Å². The highest BCUT2D eigenvalue weighted by Gasteiger charge is 2.18. The van der Waals surface area contributed by atoms with Gasteiger partial charge in [-0.25, -0.2) is 17.9 Å². The molecule has 0 aromatic carbocycles. The summed E-state index contributed by atoms with van der Waals surface area (Å²) in [6, 6.07) is 0. The lowest BCUT2D eigenvalue weighted by Crippen LogP contribution is -2.36. The molecule has 0 bridgehead atoms. The number of aliphatic hydroxyl groups is 1. The van der Waals surface area contributed by atoms with Crippen molar-refractivity contribution in [1.82, 2.24) is 14.7 Å². The van der Waals surface area contributed by atoms with Crippen molar-refractivity contribution >= 4 is 10.0 Å². The monoisotopic (exact) mass is 249 g/mol. The second-order valence-electron chi connectivity index (χ2n) is 3.14. The number of aliphatic hydroxyl groups excluding tert-OH is 1. The van der Waals surface area contributed by atoms with Gasteiger partial charge in [0.2, 0.25) is 10.0 Å². The summed E-state index contributed by atoms with van der Waals surface area (Å²) in [6.07, 6.45) is -0.0810. The zero-order chi connectivity index (χ0) is 12.3. The molecule has 8 nitrogen and oxygen atoms in total. The van der Waals surface area contributed by atoms with Crippen molar-refractivity contribution in [3.05, 3.63) is 27.0 Å². The van der Waals surface area contributed by atoms with Crippen molar-refractivity contribution in [3.8, 4) is 0 Å². The Morgan fingerprint density at radius 2 is 2.12 bits per heavy atom. The summed E-state index contributed by atoms with van der Waals surface area (Å²) in [4.78, 5) is 25.1. The third-order valence-corrected chi connectivity index (χ3v) is 3.07. The molecule has 1 atom stereocenters.